The topological polar surface area (TPSA) is 44.0 Å². The van der Waals surface area contributed by atoms with E-state index < -0.39 is 0 Å². The molecule has 0 N–H and O–H groups in total. The first-order chi connectivity index (χ1) is 7.58. The van der Waals surface area contributed by atoms with Crippen molar-refractivity contribution in [2.75, 3.05) is 0 Å². The van der Waals surface area contributed by atoms with Crippen molar-refractivity contribution in [1.29, 1.82) is 0 Å². The van der Waals surface area contributed by atoms with Crippen LogP contribution in [0.5, 0.6) is 0 Å². The van der Waals surface area contributed by atoms with Gasteiger partial charge in [-0.2, -0.15) is 0 Å². The van der Waals surface area contributed by atoms with Crippen LogP contribution in [-0.4, -0.2) is 9.13 Å². The molecule has 1 heterocycles. The molecule has 90 valence electrons. The zero-order chi connectivity index (χ0) is 12.3. The van der Waals surface area contributed by atoms with Crippen molar-refractivity contribution in [2.45, 2.75) is 46.7 Å². The second kappa shape index (κ2) is 5.34. The van der Waals surface area contributed by atoms with Crippen LogP contribution >= 0.6 is 11.6 Å². The lowest BCUT2D eigenvalue weighted by Crippen LogP contribution is -2.41. The average Bonchev–Trinajstić information content (AvgIpc) is 2.26. The maximum absolute atomic E-state index is 12.0. The Hall–Kier alpha value is -1.03. The van der Waals surface area contributed by atoms with Gasteiger partial charge in [0.2, 0.25) is 0 Å². The molecule has 0 radical (unpaired) electrons. The van der Waals surface area contributed by atoms with Crippen LogP contribution < -0.4 is 11.2 Å². The van der Waals surface area contributed by atoms with Crippen LogP contribution in [0.1, 0.15) is 32.8 Å². The van der Waals surface area contributed by atoms with Gasteiger partial charge in [0.25, 0.3) is 5.56 Å². The monoisotopic (exact) mass is 244 g/mol. The minimum atomic E-state index is -0.320. The molecule has 4 nitrogen and oxygen atoms in total. The van der Waals surface area contributed by atoms with E-state index in [1.165, 1.54) is 9.13 Å². The fourth-order valence-corrected chi connectivity index (χ4v) is 2.11. The predicted molar refractivity (Wildman–Crippen MR) is 65.3 cm³/mol. The highest BCUT2D eigenvalue weighted by atomic mass is 35.5. The Labute approximate surface area is 99.5 Å². The Morgan fingerprint density at radius 2 is 1.62 bits per heavy atom. The van der Waals surface area contributed by atoms with Crippen molar-refractivity contribution in [3.8, 4) is 0 Å². The molecule has 5 heteroatoms. The van der Waals surface area contributed by atoms with Gasteiger partial charge in [0.05, 0.1) is 5.56 Å². The highest BCUT2D eigenvalue weighted by molar-refractivity contribution is 6.30. The molecule has 0 aromatic carbocycles. The SMILES string of the molecule is CCCc1c(Cl)n(CC)c(=O)n(CC)c1=O. The van der Waals surface area contributed by atoms with Gasteiger partial charge in [0, 0.05) is 13.1 Å². The van der Waals surface area contributed by atoms with Crippen molar-refractivity contribution >= 4 is 11.6 Å². The Kier molecular flexibility index (Phi) is 4.35. The second-order valence-corrected chi connectivity index (χ2v) is 3.95. The van der Waals surface area contributed by atoms with E-state index in [4.69, 9.17) is 11.6 Å². The lowest BCUT2D eigenvalue weighted by molar-refractivity contribution is 0.576. The number of nitrogens with zero attached hydrogens (tertiary/aromatic N) is 2. The molecule has 16 heavy (non-hydrogen) atoms. The molecule has 0 atom stereocenters. The van der Waals surface area contributed by atoms with Gasteiger partial charge in [-0.3, -0.25) is 13.9 Å². The number of hydrogen-bond acceptors (Lipinski definition) is 2. The summed E-state index contributed by atoms with van der Waals surface area (Å²) >= 11 is 6.08. The van der Waals surface area contributed by atoms with Gasteiger partial charge < -0.3 is 0 Å². The van der Waals surface area contributed by atoms with E-state index in [1.54, 1.807) is 6.92 Å². The predicted octanol–water partition coefficient (Wildman–Crippen LogP) is 1.66. The summed E-state index contributed by atoms with van der Waals surface area (Å²) in [5, 5.41) is 0.295. The largest absolute Gasteiger partial charge is 0.332 e. The molecule has 0 aliphatic rings. The smallest absolute Gasteiger partial charge is 0.284 e. The van der Waals surface area contributed by atoms with Crippen LogP contribution in [0.3, 0.4) is 0 Å². The molecule has 1 rings (SSSR count). The van der Waals surface area contributed by atoms with Gasteiger partial charge >= 0.3 is 5.69 Å². The zero-order valence-corrected chi connectivity index (χ0v) is 10.7. The molecule has 0 aliphatic carbocycles. The summed E-state index contributed by atoms with van der Waals surface area (Å²) in [5.41, 5.74) is -0.0173. The molecule has 0 saturated heterocycles. The lowest BCUT2D eigenvalue weighted by Gasteiger charge is -2.13. The van der Waals surface area contributed by atoms with E-state index in [2.05, 4.69) is 0 Å². The van der Waals surface area contributed by atoms with Crippen molar-refractivity contribution in [3.05, 3.63) is 31.6 Å². The normalized spacial score (nSPS) is 10.8. The number of hydrogen-bond donors (Lipinski definition) is 0. The molecule has 0 amide bonds. The molecule has 0 saturated carbocycles. The van der Waals surface area contributed by atoms with Gasteiger partial charge in [0.15, 0.2) is 0 Å². The number of rotatable bonds is 4. The maximum Gasteiger partial charge on any atom is 0.332 e. The number of aromatic nitrogens is 2. The molecular weight excluding hydrogens is 228 g/mol. The first-order valence-electron chi connectivity index (χ1n) is 5.60. The van der Waals surface area contributed by atoms with E-state index >= 15 is 0 Å². The molecule has 0 aliphatic heterocycles. The first kappa shape index (κ1) is 13.0. The van der Waals surface area contributed by atoms with E-state index in [9.17, 15) is 9.59 Å². The van der Waals surface area contributed by atoms with Gasteiger partial charge in [-0.15, -0.1) is 0 Å². The van der Waals surface area contributed by atoms with Crippen molar-refractivity contribution < 1.29 is 0 Å². The maximum atomic E-state index is 12.0. The first-order valence-corrected chi connectivity index (χ1v) is 5.98. The standard InChI is InChI=1S/C11H17ClN2O2/c1-4-7-8-9(12)13(5-2)11(16)14(6-3)10(8)15/h4-7H2,1-3H3. The molecule has 0 fully saturated rings. The van der Waals surface area contributed by atoms with Crippen LogP contribution in [0.25, 0.3) is 0 Å². The molecule has 1 aromatic rings. The minimum Gasteiger partial charge on any atom is -0.284 e. The summed E-state index contributed by atoms with van der Waals surface area (Å²) in [7, 11) is 0. The van der Waals surface area contributed by atoms with E-state index in [0.717, 1.165) is 6.42 Å². The van der Waals surface area contributed by atoms with Crippen LogP contribution in [0.4, 0.5) is 0 Å². The molecular formula is C11H17ClN2O2. The summed E-state index contributed by atoms with van der Waals surface area (Å²) in [5.74, 6) is 0. The van der Waals surface area contributed by atoms with E-state index in [0.29, 0.717) is 30.2 Å². The van der Waals surface area contributed by atoms with Crippen LogP contribution in [0.2, 0.25) is 5.15 Å². The summed E-state index contributed by atoms with van der Waals surface area (Å²) < 4.78 is 2.68. The minimum absolute atomic E-state index is 0.246. The third-order valence-corrected chi connectivity index (χ3v) is 3.02. The lowest BCUT2D eigenvalue weighted by atomic mass is 10.2. The fourth-order valence-electron chi connectivity index (χ4n) is 1.74. The highest BCUT2D eigenvalue weighted by Crippen LogP contribution is 2.11. The second-order valence-electron chi connectivity index (χ2n) is 3.60. The van der Waals surface area contributed by atoms with Crippen molar-refractivity contribution in [3.63, 3.8) is 0 Å². The summed E-state index contributed by atoms with van der Waals surface area (Å²) in [6, 6.07) is 0. The molecule has 0 spiro atoms. The Bertz CT molecular complexity index is 488. The van der Waals surface area contributed by atoms with E-state index in [-0.39, 0.29) is 11.2 Å². The quantitative estimate of drug-likeness (QED) is 0.756. The van der Waals surface area contributed by atoms with Crippen molar-refractivity contribution in [1.82, 2.24) is 9.13 Å². The third-order valence-electron chi connectivity index (χ3n) is 2.58. The van der Waals surface area contributed by atoms with Gasteiger partial charge in [0.1, 0.15) is 5.15 Å². The van der Waals surface area contributed by atoms with Gasteiger partial charge in [-0.1, -0.05) is 24.9 Å². The fraction of sp³-hybridized carbons (Fsp3) is 0.636. The molecule has 1 aromatic heterocycles. The van der Waals surface area contributed by atoms with Crippen molar-refractivity contribution in [2.24, 2.45) is 0 Å². The average molecular weight is 245 g/mol. The van der Waals surface area contributed by atoms with Crippen LogP contribution in [-0.2, 0) is 19.5 Å². The number of halogens is 1. The zero-order valence-electron chi connectivity index (χ0n) is 9.92. The summed E-state index contributed by atoms with van der Waals surface area (Å²) in [6.45, 7) is 6.47. The molecule has 0 unspecified atom stereocenters. The third kappa shape index (κ3) is 2.07. The Morgan fingerprint density at radius 1 is 1.06 bits per heavy atom. The van der Waals surface area contributed by atoms with Gasteiger partial charge in [-0.05, 0) is 20.3 Å². The highest BCUT2D eigenvalue weighted by Gasteiger charge is 2.14. The summed E-state index contributed by atoms with van der Waals surface area (Å²) in [4.78, 5) is 23.8. The van der Waals surface area contributed by atoms with Gasteiger partial charge in [-0.25, -0.2) is 4.79 Å². The molecule has 0 bridgehead atoms. The van der Waals surface area contributed by atoms with Crippen LogP contribution in [0.15, 0.2) is 9.59 Å². The van der Waals surface area contributed by atoms with Crippen LogP contribution in [0, 0.1) is 0 Å². The Morgan fingerprint density at radius 3 is 2.06 bits per heavy atom. The Balaban J connectivity index is 3.63. The van der Waals surface area contributed by atoms with E-state index in [1.807, 2.05) is 13.8 Å². The summed E-state index contributed by atoms with van der Waals surface area (Å²) in [6.07, 6.45) is 1.44.